The lowest BCUT2D eigenvalue weighted by molar-refractivity contribution is -0.154. The molecule has 108 valence electrons. The normalized spacial score (nSPS) is 14.7. The monoisotopic (exact) mass is 308 g/mol. The van der Waals surface area contributed by atoms with Crippen LogP contribution >= 0.6 is 0 Å². The van der Waals surface area contributed by atoms with Crippen molar-refractivity contribution in [3.63, 3.8) is 0 Å². The molecule has 0 rings (SSSR count). The molecule has 0 radical (unpaired) electrons. The minimum atomic E-state index is -1.41. The molecule has 0 unspecified atom stereocenters. The minimum Gasteiger partial charge on any atom is -0.465 e. The summed E-state index contributed by atoms with van der Waals surface area (Å²) in [5.74, 6) is -0.0974. The number of esters is 1. The van der Waals surface area contributed by atoms with Crippen molar-refractivity contribution >= 4 is 34.8 Å². The second-order valence-electron chi connectivity index (χ2n) is 4.86. The lowest BCUT2D eigenvalue weighted by atomic mass is 9.91. The van der Waals surface area contributed by atoms with Crippen LogP contribution < -0.4 is 0 Å². The van der Waals surface area contributed by atoms with Crippen LogP contribution in [0.4, 0.5) is 0 Å². The molecule has 0 aromatic heterocycles. The highest BCUT2D eigenvalue weighted by molar-refractivity contribution is 6.57. The third kappa shape index (κ3) is 7.47. The van der Waals surface area contributed by atoms with Gasteiger partial charge in [0.05, 0.1) is 12.0 Å². The van der Waals surface area contributed by atoms with Gasteiger partial charge in [0.1, 0.15) is 19.5 Å². The standard InChI is InChI=1S/C11H28O4Si3/c1-6-11(2,3)10(12)13-8-7-9-18(14-16-4)15-17-5/h18H,6-9,16-17H2,1-5H3. The first-order chi connectivity index (χ1) is 8.47. The molecule has 0 spiro atoms. The predicted molar refractivity (Wildman–Crippen MR) is 82.6 cm³/mol. The van der Waals surface area contributed by atoms with Crippen molar-refractivity contribution in [1.29, 1.82) is 0 Å². The van der Waals surface area contributed by atoms with E-state index in [1.165, 1.54) is 0 Å². The van der Waals surface area contributed by atoms with E-state index in [0.29, 0.717) is 6.61 Å². The van der Waals surface area contributed by atoms with E-state index < -0.39 is 9.28 Å². The lowest BCUT2D eigenvalue weighted by Gasteiger charge is -2.20. The summed E-state index contributed by atoms with van der Waals surface area (Å²) in [7, 11) is -2.17. The molecule has 0 N–H and O–H groups in total. The van der Waals surface area contributed by atoms with Crippen LogP contribution in [0.2, 0.25) is 19.1 Å². The summed E-state index contributed by atoms with van der Waals surface area (Å²) in [6, 6.07) is 0.960. The second-order valence-corrected chi connectivity index (χ2v) is 10.1. The first-order valence-electron chi connectivity index (χ1n) is 6.88. The molecule has 0 bridgehead atoms. The van der Waals surface area contributed by atoms with Gasteiger partial charge in [-0.1, -0.05) is 20.0 Å². The Morgan fingerprint density at radius 2 is 1.78 bits per heavy atom. The molecule has 0 saturated heterocycles. The van der Waals surface area contributed by atoms with Crippen LogP contribution in [0.5, 0.6) is 0 Å². The fourth-order valence-corrected chi connectivity index (χ4v) is 7.40. The van der Waals surface area contributed by atoms with E-state index in [4.69, 9.17) is 13.0 Å². The first-order valence-corrected chi connectivity index (χ1v) is 12.6. The van der Waals surface area contributed by atoms with Gasteiger partial charge in [-0.2, -0.15) is 0 Å². The van der Waals surface area contributed by atoms with Gasteiger partial charge in [0, 0.05) is 0 Å². The van der Waals surface area contributed by atoms with Gasteiger partial charge in [0.25, 0.3) is 9.28 Å². The fourth-order valence-electron chi connectivity index (χ4n) is 1.34. The molecular weight excluding hydrogens is 280 g/mol. The molecule has 0 aliphatic carbocycles. The quantitative estimate of drug-likeness (QED) is 0.341. The Labute approximate surface area is 118 Å². The lowest BCUT2D eigenvalue weighted by Crippen LogP contribution is -2.28. The Morgan fingerprint density at radius 1 is 1.22 bits per heavy atom. The van der Waals surface area contributed by atoms with E-state index in [1.54, 1.807) is 0 Å². The van der Waals surface area contributed by atoms with Gasteiger partial charge in [-0.3, -0.25) is 4.79 Å². The molecule has 0 aliphatic heterocycles. The zero-order valence-electron chi connectivity index (χ0n) is 12.5. The molecule has 0 amide bonds. The molecule has 0 fully saturated rings. The summed E-state index contributed by atoms with van der Waals surface area (Å²) in [5.41, 5.74) is -0.365. The fraction of sp³-hybridized carbons (Fsp3) is 0.909. The average molecular weight is 309 g/mol. The van der Waals surface area contributed by atoms with Crippen LogP contribution in [0.1, 0.15) is 33.6 Å². The molecular formula is C11H28O4Si3. The number of carbonyl (C=O) groups excluding carboxylic acids is 1. The van der Waals surface area contributed by atoms with Crippen molar-refractivity contribution in [1.82, 2.24) is 0 Å². The molecule has 0 aromatic rings. The third-order valence-corrected chi connectivity index (χ3v) is 9.48. The highest BCUT2D eigenvalue weighted by Crippen LogP contribution is 2.21. The summed E-state index contributed by atoms with van der Waals surface area (Å²) in [6.07, 6.45) is 1.67. The summed E-state index contributed by atoms with van der Waals surface area (Å²) in [4.78, 5) is 11.7. The van der Waals surface area contributed by atoms with Crippen molar-refractivity contribution in [3.8, 4) is 0 Å². The molecule has 18 heavy (non-hydrogen) atoms. The molecule has 0 heterocycles. The van der Waals surface area contributed by atoms with Gasteiger partial charge < -0.3 is 13.0 Å². The van der Waals surface area contributed by atoms with Crippen LogP contribution in [0.3, 0.4) is 0 Å². The van der Waals surface area contributed by atoms with Crippen LogP contribution in [-0.4, -0.2) is 41.4 Å². The van der Waals surface area contributed by atoms with Crippen molar-refractivity contribution in [3.05, 3.63) is 0 Å². The maximum atomic E-state index is 11.7. The largest absolute Gasteiger partial charge is 0.465 e. The highest BCUT2D eigenvalue weighted by Gasteiger charge is 2.26. The number of carbonyl (C=O) groups is 1. The second kappa shape index (κ2) is 9.90. The van der Waals surface area contributed by atoms with E-state index in [-0.39, 0.29) is 30.9 Å². The molecule has 7 heteroatoms. The topological polar surface area (TPSA) is 44.8 Å². The Balaban J connectivity index is 3.80. The molecule has 0 atom stereocenters. The number of ether oxygens (including phenoxy) is 1. The predicted octanol–water partition coefficient (Wildman–Crippen LogP) is 0.873. The SMILES string of the molecule is CCC(C)(C)C(=O)OCCC[SiH](O[SiH2]C)O[SiH2]C. The van der Waals surface area contributed by atoms with Gasteiger partial charge in [-0.05, 0) is 32.7 Å². The van der Waals surface area contributed by atoms with Gasteiger partial charge in [-0.25, -0.2) is 0 Å². The van der Waals surface area contributed by atoms with Gasteiger partial charge in [-0.15, -0.1) is 0 Å². The molecule has 4 nitrogen and oxygen atoms in total. The van der Waals surface area contributed by atoms with Crippen LogP contribution in [0.15, 0.2) is 0 Å². The van der Waals surface area contributed by atoms with Crippen molar-refractivity contribution in [2.75, 3.05) is 6.61 Å². The third-order valence-electron chi connectivity index (χ3n) is 2.96. The van der Waals surface area contributed by atoms with E-state index >= 15 is 0 Å². The van der Waals surface area contributed by atoms with E-state index in [9.17, 15) is 4.79 Å². The molecule has 0 saturated carbocycles. The van der Waals surface area contributed by atoms with Gasteiger partial charge in [0.2, 0.25) is 0 Å². The summed E-state index contributed by atoms with van der Waals surface area (Å²) in [5, 5.41) is 0. The first kappa shape index (κ1) is 18.0. The van der Waals surface area contributed by atoms with Gasteiger partial charge in [0.15, 0.2) is 0 Å². The molecule has 0 aromatic carbocycles. The van der Waals surface area contributed by atoms with E-state index in [1.807, 2.05) is 20.8 Å². The number of hydrogen-bond acceptors (Lipinski definition) is 4. The Hall–Kier alpha value is 0.0406. The van der Waals surface area contributed by atoms with E-state index in [2.05, 4.69) is 13.1 Å². The van der Waals surface area contributed by atoms with Crippen LogP contribution in [-0.2, 0) is 17.8 Å². The van der Waals surface area contributed by atoms with E-state index in [0.717, 1.165) is 18.9 Å². The maximum absolute atomic E-state index is 11.7. The van der Waals surface area contributed by atoms with Crippen molar-refractivity contribution in [2.45, 2.75) is 52.8 Å². The average Bonchev–Trinajstić information content (AvgIpc) is 2.34. The van der Waals surface area contributed by atoms with Crippen LogP contribution in [0.25, 0.3) is 0 Å². The van der Waals surface area contributed by atoms with Crippen LogP contribution in [0, 0.1) is 5.41 Å². The minimum absolute atomic E-state index is 0.0974. The summed E-state index contributed by atoms with van der Waals surface area (Å²) >= 11 is 0. The Morgan fingerprint density at radius 3 is 2.22 bits per heavy atom. The maximum Gasteiger partial charge on any atom is 0.311 e. The number of hydrogen-bond donors (Lipinski definition) is 0. The zero-order chi connectivity index (χ0) is 14.0. The smallest absolute Gasteiger partial charge is 0.311 e. The number of rotatable bonds is 10. The zero-order valence-corrected chi connectivity index (χ0v) is 16.4. The Bertz CT molecular complexity index is 230. The van der Waals surface area contributed by atoms with Crippen molar-refractivity contribution in [2.24, 2.45) is 5.41 Å². The summed E-state index contributed by atoms with van der Waals surface area (Å²) < 4.78 is 16.8. The summed E-state index contributed by atoms with van der Waals surface area (Å²) in [6.45, 7) is 10.6. The van der Waals surface area contributed by atoms with Gasteiger partial charge >= 0.3 is 5.97 Å². The van der Waals surface area contributed by atoms with Crippen molar-refractivity contribution < 1.29 is 17.8 Å². The molecule has 0 aliphatic rings. The Kier molecular flexibility index (Phi) is 9.93. The highest BCUT2D eigenvalue weighted by atomic mass is 28.4.